The maximum atomic E-state index is 15.4. The number of para-hydroxylation sites is 1. The molecular formula is C65H64Cl3F3N2O12. The molecule has 7 aromatic rings. The van der Waals surface area contributed by atoms with E-state index in [9.17, 15) is 4.79 Å². The van der Waals surface area contributed by atoms with E-state index in [1.807, 2.05) is 158 Å². The number of rotatable bonds is 26. The summed E-state index contributed by atoms with van der Waals surface area (Å²) in [6.45, 7) is -0.884. The first-order valence-electron chi connectivity index (χ1n) is 27.5. The zero-order valence-electron chi connectivity index (χ0n) is 46.0. The molecule has 448 valence electrons. The number of ether oxygens (including phenoxy) is 11. The number of carbonyl (C=O) groups is 1. The van der Waals surface area contributed by atoms with E-state index in [-0.39, 0.29) is 58.5 Å². The van der Waals surface area contributed by atoms with Gasteiger partial charge in [-0.3, -0.25) is 0 Å². The monoisotopic (exact) mass is 1230 g/mol. The zero-order valence-corrected chi connectivity index (χ0v) is 48.2. The Balaban J connectivity index is 1.17. The fourth-order valence-electron chi connectivity index (χ4n) is 9.51. The first kappa shape index (κ1) is 63.1. The molecule has 2 saturated heterocycles. The molecule has 0 aliphatic carbocycles. The molecule has 7 aromatic carbocycles. The van der Waals surface area contributed by atoms with Gasteiger partial charge in [-0.05, 0) is 45.5 Å². The van der Waals surface area contributed by atoms with Crippen LogP contribution < -0.4 is 5.32 Å². The largest absolute Gasteiger partial charge is 0.468 e. The maximum absolute atomic E-state index is 15.4. The number of amides is 1. The van der Waals surface area contributed by atoms with E-state index in [0.717, 1.165) is 27.8 Å². The predicted molar refractivity (Wildman–Crippen MR) is 314 cm³/mol. The van der Waals surface area contributed by atoms with Crippen LogP contribution in [0.5, 0.6) is 0 Å². The molecule has 85 heavy (non-hydrogen) atoms. The van der Waals surface area contributed by atoms with Crippen molar-refractivity contribution in [3.8, 4) is 0 Å². The number of carbonyl (C=O) groups excluding carboxylic acids is 1. The highest BCUT2D eigenvalue weighted by atomic mass is 35.6. The summed E-state index contributed by atoms with van der Waals surface area (Å²) in [5, 5.41) is 2.62. The lowest BCUT2D eigenvalue weighted by atomic mass is 9.94. The fourth-order valence-corrected chi connectivity index (χ4v) is 9.67. The van der Waals surface area contributed by atoms with Gasteiger partial charge in [0.1, 0.15) is 55.4 Å². The van der Waals surface area contributed by atoms with Gasteiger partial charge in [0, 0.05) is 0 Å². The Kier molecular flexibility index (Phi) is 23.6. The Morgan fingerprint density at radius 1 is 0.459 bits per heavy atom. The second-order valence-electron chi connectivity index (χ2n) is 20.0. The van der Waals surface area contributed by atoms with Crippen molar-refractivity contribution < 1.29 is 70.1 Å². The second-order valence-corrected chi connectivity index (χ2v) is 22.5. The molecule has 0 spiro atoms. The van der Waals surface area contributed by atoms with Crippen molar-refractivity contribution in [1.82, 2.24) is 5.32 Å². The standard InChI is InChI=1S/C65H64Cl3F3N2O12/c66-64(67,68)44-81-63(74)73-54-57(78-39-48-28-14-4-15-29-48)56(53(43-76-37-46-24-10-2-11-25-46)82-60(54)85-62(65(69,70)71)72-51-34-20-7-21-35-51)84-61-59(80-41-50-32-18-6-19-33-50)58(79-40-49-30-16-5-17-31-49)55(77-38-47-26-12-3-13-27-47)52(83-61)42-75-36-45-22-8-1-9-23-45/h1-35,52-61H,36-44H2,(H,73,74)/t52-,53-,54-,55+,56-,57-,58+,59-,60?,61+/m1/s1. The molecule has 0 bridgehead atoms. The van der Waals surface area contributed by atoms with Gasteiger partial charge < -0.3 is 57.4 Å². The van der Waals surface area contributed by atoms with Crippen molar-refractivity contribution in [3.63, 3.8) is 0 Å². The van der Waals surface area contributed by atoms with E-state index in [2.05, 4.69) is 10.3 Å². The van der Waals surface area contributed by atoms with Gasteiger partial charge in [0.2, 0.25) is 10.1 Å². The van der Waals surface area contributed by atoms with Crippen molar-refractivity contribution in [1.29, 1.82) is 0 Å². The SMILES string of the molecule is O=C(N[C@H]1C(OC(=Nc2ccccc2)C(F)(F)F)O[C@H](COCc2ccccc2)[C@@H](O[C@@H]2O[C@H](COCc3ccccc3)[C@H](OCc3ccccc3)[C@H](OCc3ccccc3)[C@H]2OCc2ccccc2)[C@@H]1OCc1ccccc1)OCC(Cl)(Cl)Cl. The first-order valence-corrected chi connectivity index (χ1v) is 28.6. The molecule has 2 aliphatic rings. The normalized spacial score (nSPS) is 22.8. The Morgan fingerprint density at radius 2 is 0.824 bits per heavy atom. The van der Waals surface area contributed by atoms with E-state index in [1.165, 1.54) is 24.3 Å². The molecule has 0 saturated carbocycles. The van der Waals surface area contributed by atoms with Gasteiger partial charge in [-0.15, -0.1) is 0 Å². The summed E-state index contributed by atoms with van der Waals surface area (Å²) in [6.07, 6.45) is -18.4. The van der Waals surface area contributed by atoms with Crippen LogP contribution >= 0.6 is 34.8 Å². The van der Waals surface area contributed by atoms with Crippen LogP contribution in [0.2, 0.25) is 0 Å². The van der Waals surface area contributed by atoms with Gasteiger partial charge >= 0.3 is 12.3 Å². The van der Waals surface area contributed by atoms with Crippen LogP contribution in [0.1, 0.15) is 33.4 Å². The van der Waals surface area contributed by atoms with Crippen molar-refractivity contribution in [3.05, 3.63) is 246 Å². The summed E-state index contributed by atoms with van der Waals surface area (Å²) in [4.78, 5) is 17.9. The smallest absolute Gasteiger partial charge is 0.445 e. The van der Waals surface area contributed by atoms with E-state index >= 15 is 13.2 Å². The lowest BCUT2D eigenvalue weighted by Gasteiger charge is -2.50. The summed E-state index contributed by atoms with van der Waals surface area (Å²) >= 11 is 18.1. The van der Waals surface area contributed by atoms with Crippen LogP contribution in [0.25, 0.3) is 0 Å². The molecule has 1 N–H and O–H groups in total. The number of nitrogens with one attached hydrogen (secondary N) is 1. The van der Waals surface area contributed by atoms with E-state index in [1.54, 1.807) is 30.3 Å². The number of benzene rings is 7. The number of alkyl carbamates (subject to hydrolysis) is 1. The topological polar surface area (TPSA) is 143 Å². The highest BCUT2D eigenvalue weighted by Gasteiger charge is 2.56. The molecule has 9 rings (SSSR count). The summed E-state index contributed by atoms with van der Waals surface area (Å²) in [6, 6.07) is 62.1. The number of hydrogen-bond donors (Lipinski definition) is 1. The average molecular weight is 1230 g/mol. The molecule has 1 amide bonds. The number of halogens is 6. The number of alkyl halides is 6. The van der Waals surface area contributed by atoms with Crippen molar-refractivity contribution in [2.45, 2.75) is 111 Å². The predicted octanol–water partition coefficient (Wildman–Crippen LogP) is 13.4. The Bertz CT molecular complexity index is 3080. The van der Waals surface area contributed by atoms with Gasteiger partial charge in [0.05, 0.1) is 58.5 Å². The van der Waals surface area contributed by atoms with Crippen molar-refractivity contribution in [2.75, 3.05) is 19.8 Å². The fraction of sp³-hybridized carbons (Fsp3) is 0.323. The van der Waals surface area contributed by atoms with Gasteiger partial charge in [0.15, 0.2) is 6.29 Å². The molecule has 2 heterocycles. The highest BCUT2D eigenvalue weighted by Crippen LogP contribution is 2.38. The van der Waals surface area contributed by atoms with Gasteiger partial charge in [-0.1, -0.05) is 235 Å². The van der Waals surface area contributed by atoms with Crippen LogP contribution in [0.4, 0.5) is 23.7 Å². The molecule has 2 fully saturated rings. The number of nitrogens with zero attached hydrogens (tertiary/aromatic N) is 1. The highest BCUT2D eigenvalue weighted by molar-refractivity contribution is 6.67. The van der Waals surface area contributed by atoms with Crippen LogP contribution in [0.15, 0.2) is 217 Å². The minimum absolute atomic E-state index is 0.0231. The summed E-state index contributed by atoms with van der Waals surface area (Å²) in [5.74, 6) is -1.71. The third kappa shape index (κ3) is 19.8. The lowest BCUT2D eigenvalue weighted by molar-refractivity contribution is -0.363. The van der Waals surface area contributed by atoms with Gasteiger partial charge in [-0.25, -0.2) is 9.79 Å². The molecule has 2 aliphatic heterocycles. The molecule has 1 unspecified atom stereocenters. The minimum atomic E-state index is -5.21. The molecular weight excluding hydrogens is 1160 g/mol. The Morgan fingerprint density at radius 3 is 1.25 bits per heavy atom. The second kappa shape index (κ2) is 31.8. The minimum Gasteiger partial charge on any atom is -0.445 e. The van der Waals surface area contributed by atoms with Crippen molar-refractivity contribution >= 4 is 52.5 Å². The van der Waals surface area contributed by atoms with E-state index in [0.29, 0.717) is 5.56 Å². The van der Waals surface area contributed by atoms with Crippen LogP contribution in [-0.4, -0.2) is 103 Å². The summed E-state index contributed by atoms with van der Waals surface area (Å²) in [7, 11) is 0. The average Bonchev–Trinajstić information content (AvgIpc) is 2.23. The van der Waals surface area contributed by atoms with E-state index < -0.39 is 89.9 Å². The maximum Gasteiger partial charge on any atom is 0.468 e. The first-order chi connectivity index (χ1) is 41.3. The van der Waals surface area contributed by atoms with E-state index in [4.69, 9.17) is 86.9 Å². The third-order valence-corrected chi connectivity index (χ3v) is 13.9. The van der Waals surface area contributed by atoms with Gasteiger partial charge in [-0.2, -0.15) is 13.2 Å². The molecule has 10 atom stereocenters. The van der Waals surface area contributed by atoms with Gasteiger partial charge in [0.25, 0.3) is 5.90 Å². The Hall–Kier alpha value is -6.42. The summed E-state index contributed by atoms with van der Waals surface area (Å²) < 4.78 is 117. The quantitative estimate of drug-likeness (QED) is 0.0313. The lowest BCUT2D eigenvalue weighted by Crippen LogP contribution is -2.69. The Labute approximate surface area is 506 Å². The summed E-state index contributed by atoms with van der Waals surface area (Å²) in [5.41, 5.74) is 4.73. The molecule has 20 heteroatoms. The molecule has 14 nitrogen and oxygen atoms in total. The zero-order chi connectivity index (χ0) is 59.3. The van der Waals surface area contributed by atoms with Crippen LogP contribution in [0.3, 0.4) is 0 Å². The van der Waals surface area contributed by atoms with Crippen LogP contribution in [0, 0.1) is 0 Å². The molecule has 0 aromatic heterocycles. The number of hydrogen-bond acceptors (Lipinski definition) is 13. The van der Waals surface area contributed by atoms with Crippen LogP contribution in [-0.2, 0) is 91.7 Å². The third-order valence-electron chi connectivity index (χ3n) is 13.6. The molecule has 0 radical (unpaired) electrons. The number of aliphatic imine (C=N–C) groups is 1. The van der Waals surface area contributed by atoms with Crippen molar-refractivity contribution in [2.24, 2.45) is 4.99 Å².